The molecule has 1 aromatic carbocycles. The molecule has 1 saturated heterocycles. The Balaban J connectivity index is 1.35. The highest BCUT2D eigenvalue weighted by atomic mass is 15.3. The molecular formula is C21H30N8. The van der Waals surface area contributed by atoms with Crippen LogP contribution in [-0.4, -0.2) is 57.4 Å². The average Bonchev–Trinajstić information content (AvgIpc) is 3.13. The highest BCUT2D eigenvalue weighted by molar-refractivity contribution is 5.87. The maximum absolute atomic E-state index is 5.60. The molecule has 0 spiro atoms. The Morgan fingerprint density at radius 2 is 1.90 bits per heavy atom. The second kappa shape index (κ2) is 9.19. The number of rotatable bonds is 8. The quantitative estimate of drug-likeness (QED) is 0.538. The number of benzene rings is 1. The van der Waals surface area contributed by atoms with Crippen LogP contribution >= 0.6 is 0 Å². The molecule has 0 atom stereocenters. The molecule has 4 rings (SSSR count). The summed E-state index contributed by atoms with van der Waals surface area (Å²) in [4.78, 5) is 11.8. The normalized spacial score (nSPS) is 15.7. The molecular weight excluding hydrogens is 364 g/mol. The van der Waals surface area contributed by atoms with Gasteiger partial charge in [0.1, 0.15) is 5.82 Å². The lowest BCUT2D eigenvalue weighted by Gasteiger charge is -2.32. The number of aryl methyl sites for hydroxylation is 1. The van der Waals surface area contributed by atoms with Crippen molar-refractivity contribution in [3.63, 3.8) is 0 Å². The molecule has 1 fully saturated rings. The highest BCUT2D eigenvalue weighted by Crippen LogP contribution is 2.24. The first-order chi connectivity index (χ1) is 14.2. The van der Waals surface area contributed by atoms with Gasteiger partial charge in [-0.15, -0.1) is 0 Å². The summed E-state index contributed by atoms with van der Waals surface area (Å²) in [7, 11) is 1.90. The summed E-state index contributed by atoms with van der Waals surface area (Å²) < 4.78 is 1.78. The molecule has 29 heavy (non-hydrogen) atoms. The van der Waals surface area contributed by atoms with Crippen LogP contribution in [-0.2, 0) is 13.6 Å². The molecule has 2 aromatic heterocycles. The van der Waals surface area contributed by atoms with Gasteiger partial charge >= 0.3 is 0 Å². The highest BCUT2D eigenvalue weighted by Gasteiger charge is 2.20. The Labute approximate surface area is 171 Å². The lowest BCUT2D eigenvalue weighted by molar-refractivity contribution is 0.182. The van der Waals surface area contributed by atoms with E-state index in [4.69, 9.17) is 5.73 Å². The Morgan fingerprint density at radius 1 is 1.10 bits per heavy atom. The number of aromatic nitrogens is 4. The Bertz CT molecular complexity index is 915. The molecule has 1 aliphatic rings. The molecule has 4 N–H and O–H groups in total. The molecule has 0 saturated carbocycles. The van der Waals surface area contributed by atoms with Gasteiger partial charge in [-0.3, -0.25) is 9.58 Å². The van der Waals surface area contributed by atoms with Crippen LogP contribution in [0.2, 0.25) is 0 Å². The fourth-order valence-corrected chi connectivity index (χ4v) is 3.85. The Morgan fingerprint density at radius 3 is 2.66 bits per heavy atom. The van der Waals surface area contributed by atoms with E-state index in [1.807, 2.05) is 13.2 Å². The van der Waals surface area contributed by atoms with Crippen LogP contribution in [0.5, 0.6) is 0 Å². The van der Waals surface area contributed by atoms with E-state index < -0.39 is 0 Å². The van der Waals surface area contributed by atoms with Crippen LogP contribution in [0.4, 0.5) is 11.8 Å². The molecule has 3 heterocycles. The second-order valence-electron chi connectivity index (χ2n) is 7.70. The van der Waals surface area contributed by atoms with E-state index in [0.717, 1.165) is 43.0 Å². The van der Waals surface area contributed by atoms with Gasteiger partial charge in [-0.25, -0.2) is 0 Å². The molecule has 0 radical (unpaired) electrons. The van der Waals surface area contributed by atoms with Crippen LogP contribution < -0.4 is 16.4 Å². The van der Waals surface area contributed by atoms with Crippen molar-refractivity contribution in [3.8, 4) is 0 Å². The summed E-state index contributed by atoms with van der Waals surface area (Å²) in [5.41, 5.74) is 7.81. The van der Waals surface area contributed by atoms with Crippen LogP contribution in [0.15, 0.2) is 36.5 Å². The van der Waals surface area contributed by atoms with Gasteiger partial charge in [0, 0.05) is 33.2 Å². The van der Waals surface area contributed by atoms with Gasteiger partial charge in [0.05, 0.1) is 11.6 Å². The molecule has 1 aliphatic heterocycles. The van der Waals surface area contributed by atoms with E-state index in [9.17, 15) is 0 Å². The first-order valence-electron chi connectivity index (χ1n) is 10.4. The Kier molecular flexibility index (Phi) is 6.21. The van der Waals surface area contributed by atoms with Gasteiger partial charge in [0.25, 0.3) is 0 Å². The third kappa shape index (κ3) is 4.83. The van der Waals surface area contributed by atoms with E-state index in [-0.39, 0.29) is 0 Å². The number of nitrogens with two attached hydrogens (primary N) is 1. The summed E-state index contributed by atoms with van der Waals surface area (Å²) >= 11 is 0. The molecule has 0 unspecified atom stereocenters. The fourth-order valence-electron chi connectivity index (χ4n) is 3.85. The van der Waals surface area contributed by atoms with Gasteiger partial charge < -0.3 is 16.4 Å². The van der Waals surface area contributed by atoms with Crippen molar-refractivity contribution < 1.29 is 0 Å². The number of fused-ring (bicyclic) bond motifs is 1. The van der Waals surface area contributed by atoms with E-state index in [1.54, 1.807) is 4.68 Å². The number of piperidine rings is 1. The van der Waals surface area contributed by atoms with Crippen LogP contribution in [0.3, 0.4) is 0 Å². The maximum atomic E-state index is 5.60. The number of hydrogen-bond donors (Lipinski definition) is 3. The molecule has 0 amide bonds. The van der Waals surface area contributed by atoms with E-state index >= 15 is 0 Å². The molecule has 8 nitrogen and oxygen atoms in total. The van der Waals surface area contributed by atoms with Gasteiger partial charge in [-0.2, -0.15) is 15.1 Å². The number of anilines is 2. The van der Waals surface area contributed by atoms with E-state index in [0.29, 0.717) is 25.0 Å². The van der Waals surface area contributed by atoms with Crippen molar-refractivity contribution >= 4 is 22.8 Å². The summed E-state index contributed by atoms with van der Waals surface area (Å²) in [5.74, 6) is 2.07. The van der Waals surface area contributed by atoms with E-state index in [2.05, 4.69) is 60.9 Å². The summed E-state index contributed by atoms with van der Waals surface area (Å²) in [6, 6.07) is 10.7. The molecule has 0 aliphatic carbocycles. The third-order valence-electron chi connectivity index (χ3n) is 5.53. The number of hydrogen-bond acceptors (Lipinski definition) is 7. The largest absolute Gasteiger partial charge is 0.369 e. The van der Waals surface area contributed by atoms with Crippen molar-refractivity contribution in [1.29, 1.82) is 0 Å². The minimum absolute atomic E-state index is 0.539. The molecule has 154 valence electrons. The average molecular weight is 395 g/mol. The topological polar surface area (TPSA) is 96.9 Å². The fraction of sp³-hybridized carbons (Fsp3) is 0.476. The first-order valence-corrected chi connectivity index (χ1v) is 10.4. The lowest BCUT2D eigenvalue weighted by atomic mass is 9.96. The standard InChI is InChI=1S/C21H30N8/c1-28-20-18(14-25-28)19(26-21(27-20)23-10-9-22)24-13-16-7-11-29(12-8-16)15-17-5-3-2-4-6-17/h2-6,14,16H,7-13,15,22H2,1H3,(H2,23,24,26,27). The van der Waals surface area contributed by atoms with Gasteiger partial charge in [-0.05, 0) is 37.4 Å². The van der Waals surface area contributed by atoms with Crippen molar-refractivity contribution in [1.82, 2.24) is 24.6 Å². The summed E-state index contributed by atoms with van der Waals surface area (Å²) in [6.45, 7) is 5.41. The monoisotopic (exact) mass is 394 g/mol. The van der Waals surface area contributed by atoms with Gasteiger partial charge in [-0.1, -0.05) is 30.3 Å². The number of nitrogens with zero attached hydrogens (tertiary/aromatic N) is 5. The van der Waals surface area contributed by atoms with Crippen molar-refractivity contribution in [3.05, 3.63) is 42.1 Å². The van der Waals surface area contributed by atoms with Crippen molar-refractivity contribution in [2.75, 3.05) is 43.4 Å². The second-order valence-corrected chi connectivity index (χ2v) is 7.70. The van der Waals surface area contributed by atoms with Crippen LogP contribution in [0.25, 0.3) is 11.0 Å². The summed E-state index contributed by atoms with van der Waals surface area (Å²) in [5, 5.41) is 12.0. The summed E-state index contributed by atoms with van der Waals surface area (Å²) in [6.07, 6.45) is 4.21. The Hall–Kier alpha value is -2.71. The minimum atomic E-state index is 0.539. The molecule has 0 bridgehead atoms. The third-order valence-corrected chi connectivity index (χ3v) is 5.53. The van der Waals surface area contributed by atoms with E-state index in [1.165, 1.54) is 18.4 Å². The predicted molar refractivity (Wildman–Crippen MR) is 117 cm³/mol. The predicted octanol–water partition coefficient (Wildman–Crippen LogP) is 2.06. The van der Waals surface area contributed by atoms with Crippen LogP contribution in [0, 0.1) is 5.92 Å². The molecule has 8 heteroatoms. The SMILES string of the molecule is Cn1ncc2c(NCC3CCN(Cc4ccccc4)CC3)nc(NCCN)nc21. The zero-order chi connectivity index (χ0) is 20.1. The smallest absolute Gasteiger partial charge is 0.226 e. The van der Waals surface area contributed by atoms with Crippen molar-refractivity contribution in [2.24, 2.45) is 18.7 Å². The lowest BCUT2D eigenvalue weighted by Crippen LogP contribution is -2.35. The van der Waals surface area contributed by atoms with Crippen LogP contribution in [0.1, 0.15) is 18.4 Å². The molecule has 3 aromatic rings. The first kappa shape index (κ1) is 19.6. The zero-order valence-electron chi connectivity index (χ0n) is 17.0. The minimum Gasteiger partial charge on any atom is -0.369 e. The number of likely N-dealkylation sites (tertiary alicyclic amines) is 1. The van der Waals surface area contributed by atoms with Gasteiger partial charge in [0.2, 0.25) is 5.95 Å². The van der Waals surface area contributed by atoms with Gasteiger partial charge in [0.15, 0.2) is 5.65 Å². The number of nitrogens with one attached hydrogen (secondary N) is 2. The maximum Gasteiger partial charge on any atom is 0.226 e. The zero-order valence-corrected chi connectivity index (χ0v) is 17.0. The van der Waals surface area contributed by atoms with Crippen molar-refractivity contribution in [2.45, 2.75) is 19.4 Å².